The van der Waals surface area contributed by atoms with Crippen molar-refractivity contribution in [3.63, 3.8) is 0 Å². The quantitative estimate of drug-likeness (QED) is 0.422. The minimum Gasteiger partial charge on any atom is -0.456 e. The summed E-state index contributed by atoms with van der Waals surface area (Å²) in [5.41, 5.74) is 4.04. The van der Waals surface area contributed by atoms with Gasteiger partial charge in [-0.05, 0) is 41.5 Å². The molecule has 1 nitrogen and oxygen atoms in total. The van der Waals surface area contributed by atoms with E-state index in [-0.39, 0.29) is 0 Å². The lowest BCUT2D eigenvalue weighted by Gasteiger charge is -2.02. The van der Waals surface area contributed by atoms with Gasteiger partial charge in [-0.1, -0.05) is 48.0 Å². The second-order valence-corrected chi connectivity index (χ2v) is 5.26. The Morgan fingerprint density at radius 3 is 2.35 bits per heavy atom. The average Bonchev–Trinajstić information content (AvgIpc) is 2.85. The number of fused-ring (bicyclic) bond motifs is 3. The van der Waals surface area contributed by atoms with E-state index in [0.29, 0.717) is 0 Å². The predicted octanol–water partition coefficient (Wildman–Crippen LogP) is 5.91. The number of para-hydroxylation sites is 1. The summed E-state index contributed by atoms with van der Waals surface area (Å²) >= 11 is 6.05. The van der Waals surface area contributed by atoms with E-state index in [1.54, 1.807) is 0 Å². The fourth-order valence-electron chi connectivity index (χ4n) is 2.57. The van der Waals surface area contributed by atoms with Crippen molar-refractivity contribution in [2.45, 2.75) is 0 Å². The van der Waals surface area contributed by atoms with Gasteiger partial charge in [0.1, 0.15) is 11.2 Å². The number of hydrogen-bond acceptors (Lipinski definition) is 1. The molecule has 4 rings (SSSR count). The minimum atomic E-state index is 0.743. The molecule has 0 saturated carbocycles. The van der Waals surface area contributed by atoms with Crippen LogP contribution in [0, 0.1) is 0 Å². The average molecular weight is 279 g/mol. The Labute approximate surface area is 121 Å². The van der Waals surface area contributed by atoms with Crippen LogP contribution < -0.4 is 0 Å². The Bertz CT molecular complexity index is 921. The Morgan fingerprint density at radius 2 is 1.45 bits per heavy atom. The standard InChI is InChI=1S/C18H11ClO/c19-14-5-3-4-12(10-14)13-8-9-16-15-6-1-2-7-17(15)20-18(16)11-13/h1-11H. The zero-order chi connectivity index (χ0) is 13.5. The lowest BCUT2D eigenvalue weighted by Crippen LogP contribution is -1.77. The van der Waals surface area contributed by atoms with Crippen LogP contribution in [0.15, 0.2) is 71.1 Å². The van der Waals surface area contributed by atoms with E-state index in [4.69, 9.17) is 16.0 Å². The van der Waals surface area contributed by atoms with E-state index in [9.17, 15) is 0 Å². The third-order valence-electron chi connectivity index (χ3n) is 3.54. The third kappa shape index (κ3) is 1.79. The molecule has 96 valence electrons. The van der Waals surface area contributed by atoms with E-state index >= 15 is 0 Å². The van der Waals surface area contributed by atoms with Crippen molar-refractivity contribution in [1.29, 1.82) is 0 Å². The van der Waals surface area contributed by atoms with Crippen LogP contribution in [0.4, 0.5) is 0 Å². The summed E-state index contributed by atoms with van der Waals surface area (Å²) in [7, 11) is 0. The van der Waals surface area contributed by atoms with Crippen molar-refractivity contribution < 1.29 is 4.42 Å². The zero-order valence-corrected chi connectivity index (χ0v) is 11.4. The molecular weight excluding hydrogens is 268 g/mol. The summed E-state index contributed by atoms with van der Waals surface area (Å²) in [6, 6.07) is 22.2. The molecule has 1 heterocycles. The van der Waals surface area contributed by atoms with Crippen LogP contribution in [0.2, 0.25) is 5.02 Å². The fourth-order valence-corrected chi connectivity index (χ4v) is 2.76. The second-order valence-electron chi connectivity index (χ2n) is 4.82. The molecule has 4 aromatic rings. The molecule has 0 atom stereocenters. The number of rotatable bonds is 1. The molecule has 0 spiro atoms. The van der Waals surface area contributed by atoms with Gasteiger partial charge in [0, 0.05) is 15.8 Å². The van der Waals surface area contributed by atoms with Crippen molar-refractivity contribution in [1.82, 2.24) is 0 Å². The van der Waals surface area contributed by atoms with Crippen molar-refractivity contribution >= 4 is 33.5 Å². The lowest BCUT2D eigenvalue weighted by molar-refractivity contribution is 0.669. The van der Waals surface area contributed by atoms with E-state index in [2.05, 4.69) is 30.3 Å². The van der Waals surface area contributed by atoms with Crippen LogP contribution >= 0.6 is 11.6 Å². The molecule has 0 unspecified atom stereocenters. The highest BCUT2D eigenvalue weighted by Gasteiger charge is 2.07. The number of benzene rings is 3. The summed E-state index contributed by atoms with van der Waals surface area (Å²) < 4.78 is 5.91. The maximum absolute atomic E-state index is 6.05. The van der Waals surface area contributed by atoms with Gasteiger partial charge in [-0.25, -0.2) is 0 Å². The Hall–Kier alpha value is -2.25. The molecule has 0 amide bonds. The first kappa shape index (κ1) is 11.6. The number of furan rings is 1. The zero-order valence-electron chi connectivity index (χ0n) is 10.6. The number of hydrogen-bond donors (Lipinski definition) is 0. The first-order valence-corrected chi connectivity index (χ1v) is 6.86. The second kappa shape index (κ2) is 4.39. The smallest absolute Gasteiger partial charge is 0.136 e. The van der Waals surface area contributed by atoms with Gasteiger partial charge in [-0.15, -0.1) is 0 Å². The maximum Gasteiger partial charge on any atom is 0.136 e. The normalized spacial score (nSPS) is 11.2. The van der Waals surface area contributed by atoms with Crippen molar-refractivity contribution in [2.75, 3.05) is 0 Å². The minimum absolute atomic E-state index is 0.743. The van der Waals surface area contributed by atoms with Gasteiger partial charge < -0.3 is 4.42 Å². The summed E-state index contributed by atoms with van der Waals surface area (Å²) in [4.78, 5) is 0. The van der Waals surface area contributed by atoms with Crippen LogP contribution in [-0.4, -0.2) is 0 Å². The molecule has 0 aliphatic rings. The van der Waals surface area contributed by atoms with Gasteiger partial charge in [0.2, 0.25) is 0 Å². The topological polar surface area (TPSA) is 13.1 Å². The molecule has 0 aliphatic heterocycles. The summed E-state index contributed by atoms with van der Waals surface area (Å²) in [6.45, 7) is 0. The fraction of sp³-hybridized carbons (Fsp3) is 0. The molecule has 3 aromatic carbocycles. The molecule has 0 radical (unpaired) electrons. The maximum atomic E-state index is 6.05. The molecule has 0 aliphatic carbocycles. The Morgan fingerprint density at radius 1 is 0.650 bits per heavy atom. The predicted molar refractivity (Wildman–Crippen MR) is 84.2 cm³/mol. The van der Waals surface area contributed by atoms with Crippen LogP contribution in [0.3, 0.4) is 0 Å². The largest absolute Gasteiger partial charge is 0.456 e. The van der Waals surface area contributed by atoms with Crippen molar-refractivity contribution in [3.05, 3.63) is 71.8 Å². The SMILES string of the molecule is Clc1cccc(-c2ccc3c(c2)oc2ccccc23)c1. The first-order chi connectivity index (χ1) is 9.81. The Balaban J connectivity index is 1.97. The first-order valence-electron chi connectivity index (χ1n) is 6.48. The van der Waals surface area contributed by atoms with Crippen molar-refractivity contribution in [3.8, 4) is 11.1 Å². The van der Waals surface area contributed by atoms with E-state index in [0.717, 1.165) is 38.1 Å². The summed E-state index contributed by atoms with van der Waals surface area (Å²) in [6.07, 6.45) is 0. The highest BCUT2D eigenvalue weighted by molar-refractivity contribution is 6.30. The van der Waals surface area contributed by atoms with Crippen LogP contribution in [-0.2, 0) is 0 Å². The molecule has 1 aromatic heterocycles. The lowest BCUT2D eigenvalue weighted by atomic mass is 10.0. The van der Waals surface area contributed by atoms with Gasteiger partial charge in [-0.3, -0.25) is 0 Å². The van der Waals surface area contributed by atoms with Gasteiger partial charge in [0.05, 0.1) is 0 Å². The molecule has 20 heavy (non-hydrogen) atoms. The van der Waals surface area contributed by atoms with E-state index < -0.39 is 0 Å². The monoisotopic (exact) mass is 278 g/mol. The molecule has 2 heteroatoms. The summed E-state index contributed by atoms with van der Waals surface area (Å²) in [5.74, 6) is 0. The van der Waals surface area contributed by atoms with Gasteiger partial charge >= 0.3 is 0 Å². The van der Waals surface area contributed by atoms with Gasteiger partial charge in [0.15, 0.2) is 0 Å². The van der Waals surface area contributed by atoms with Crippen LogP contribution in [0.25, 0.3) is 33.1 Å². The third-order valence-corrected chi connectivity index (χ3v) is 3.77. The molecule has 0 saturated heterocycles. The molecule has 0 bridgehead atoms. The van der Waals surface area contributed by atoms with Crippen molar-refractivity contribution in [2.24, 2.45) is 0 Å². The molecular formula is C18H11ClO. The Kier molecular flexibility index (Phi) is 2.54. The molecule has 0 fully saturated rings. The van der Waals surface area contributed by atoms with E-state index in [1.807, 2.05) is 36.4 Å². The summed E-state index contributed by atoms with van der Waals surface area (Å²) in [5, 5.41) is 3.04. The van der Waals surface area contributed by atoms with Gasteiger partial charge in [-0.2, -0.15) is 0 Å². The molecule has 0 N–H and O–H groups in total. The van der Waals surface area contributed by atoms with Gasteiger partial charge in [0.25, 0.3) is 0 Å². The highest BCUT2D eigenvalue weighted by Crippen LogP contribution is 2.32. The van der Waals surface area contributed by atoms with Crippen LogP contribution in [0.5, 0.6) is 0 Å². The van der Waals surface area contributed by atoms with E-state index in [1.165, 1.54) is 0 Å². The highest BCUT2D eigenvalue weighted by atomic mass is 35.5. The van der Waals surface area contributed by atoms with Crippen LogP contribution in [0.1, 0.15) is 0 Å². The number of halogens is 1.